The minimum Gasteiger partial charge on any atom is -0.508 e. The van der Waals surface area contributed by atoms with E-state index in [9.17, 15) is 25.5 Å². The Hall–Kier alpha value is -3.98. The Balaban J connectivity index is 0.000000117. The Kier molecular flexibility index (Phi) is 12.8. The van der Waals surface area contributed by atoms with Gasteiger partial charge in [0.25, 0.3) is 0 Å². The van der Waals surface area contributed by atoms with E-state index in [1.165, 1.54) is 66.3 Å². The predicted molar refractivity (Wildman–Crippen MR) is 279 cm³/mol. The Bertz CT molecular complexity index is 2570. The summed E-state index contributed by atoms with van der Waals surface area (Å²) in [6, 6.07) is 19.3. The van der Waals surface area contributed by atoms with Gasteiger partial charge in [-0.05, 0) is 263 Å². The summed E-state index contributed by atoms with van der Waals surface area (Å²) < 4.78 is 11.6. The zero-order valence-corrected chi connectivity index (χ0v) is 43.2. The van der Waals surface area contributed by atoms with Crippen LogP contribution in [0.1, 0.15) is 187 Å². The summed E-state index contributed by atoms with van der Waals surface area (Å²) in [5.74, 6) is 13.1. The highest BCUT2D eigenvalue weighted by Crippen LogP contribution is 2.66. The molecule has 10 aliphatic rings. The van der Waals surface area contributed by atoms with Gasteiger partial charge < -0.3 is 35.0 Å². The molecule has 13 rings (SSSR count). The zero-order chi connectivity index (χ0) is 49.7. The fourth-order valence-electron chi connectivity index (χ4n) is 18.6. The van der Waals surface area contributed by atoms with E-state index in [0.29, 0.717) is 65.1 Å². The molecule has 0 radical (unpaired) electrons. The molecule has 0 heterocycles. The maximum atomic E-state index is 11.1. The molecule has 380 valence electrons. The number of rotatable bonds is 3. The lowest BCUT2D eigenvalue weighted by Gasteiger charge is -2.52. The van der Waals surface area contributed by atoms with E-state index >= 15 is 0 Å². The normalized spacial score (nSPS) is 42.1. The third-order valence-corrected chi connectivity index (χ3v) is 22.7. The summed E-state index contributed by atoms with van der Waals surface area (Å²) >= 11 is 0. The first-order chi connectivity index (χ1) is 34.1. The largest absolute Gasteiger partial charge is 0.508 e. The third-order valence-electron chi connectivity index (χ3n) is 22.7. The number of ether oxygens (including phenoxy) is 2. The number of fused-ring (bicyclic) bond motifs is 15. The van der Waals surface area contributed by atoms with Crippen molar-refractivity contribution in [3.05, 3.63) is 88.0 Å². The molecule has 0 unspecified atom stereocenters. The first-order valence-electron chi connectivity index (χ1n) is 28.1. The van der Waals surface area contributed by atoms with Gasteiger partial charge in [0.15, 0.2) is 0 Å². The molecular weight excluding hydrogens is 881 g/mol. The van der Waals surface area contributed by atoms with Crippen molar-refractivity contribution in [1.29, 1.82) is 0 Å². The van der Waals surface area contributed by atoms with Crippen LogP contribution in [-0.2, 0) is 19.3 Å². The van der Waals surface area contributed by atoms with Crippen LogP contribution in [-0.4, -0.2) is 62.2 Å². The first-order valence-corrected chi connectivity index (χ1v) is 28.1. The van der Waals surface area contributed by atoms with Crippen molar-refractivity contribution in [2.75, 3.05) is 7.11 Å². The Morgan fingerprint density at radius 2 is 1.01 bits per heavy atom. The van der Waals surface area contributed by atoms with Gasteiger partial charge in [-0.25, -0.2) is 0 Å². The van der Waals surface area contributed by atoms with E-state index in [4.69, 9.17) is 22.3 Å². The van der Waals surface area contributed by atoms with Gasteiger partial charge in [-0.15, -0.1) is 12.8 Å². The average Bonchev–Trinajstić information content (AvgIpc) is 4.13. The van der Waals surface area contributed by atoms with Crippen LogP contribution in [0.3, 0.4) is 0 Å². The van der Waals surface area contributed by atoms with Gasteiger partial charge in [-0.2, -0.15) is 0 Å². The molecule has 10 aliphatic carbocycles. The second-order valence-corrected chi connectivity index (χ2v) is 25.4. The van der Waals surface area contributed by atoms with Crippen LogP contribution in [0.25, 0.3) is 0 Å². The molecule has 3 aromatic rings. The maximum Gasteiger partial charge on any atom is 0.130 e. The predicted octanol–water partition coefficient (Wildman–Crippen LogP) is 11.7. The van der Waals surface area contributed by atoms with Crippen molar-refractivity contribution in [2.45, 2.75) is 203 Å². The molecule has 7 heteroatoms. The Labute approximate surface area is 424 Å². The number of aryl methyl sites for hydroxylation is 3. The van der Waals surface area contributed by atoms with Gasteiger partial charge in [-0.3, -0.25) is 0 Å². The van der Waals surface area contributed by atoms with Crippen LogP contribution in [0, 0.1) is 76.4 Å². The summed E-state index contributed by atoms with van der Waals surface area (Å²) in [6.07, 6.45) is 33.5. The van der Waals surface area contributed by atoms with E-state index in [-0.39, 0.29) is 16.2 Å². The lowest BCUT2D eigenvalue weighted by Crippen LogP contribution is -2.50. The van der Waals surface area contributed by atoms with Crippen molar-refractivity contribution in [2.24, 2.45) is 51.8 Å². The number of phenols is 1. The molecule has 0 aliphatic heterocycles. The maximum absolute atomic E-state index is 11.1. The fraction of sp³-hybridized carbons (Fsp3) is 0.656. The molecular formula is C64H82O7. The molecule has 0 bridgehead atoms. The standard InChI is InChI=1S/C25H32O2.C21H26O2.C18H24O3/c1-3-25(26)15-13-23-22-10-8-17-16-19(27-18-6-4-5-7-18)9-11-20(17)21(22)12-14-24(23,25)2;1-4-21(22)12-10-19-18-7-5-14-13-15(23-3)6-8-16(14)17(18)9-11-20(19,21)2;1-18-7-6-13-12-5-3-11(19)8-10(12)2-4-14(13)15(18)9-16(20)17(18)21/h1,9,11,16,18,21-23,26H,4-8,10,12-15H2,2H3;1,6,8,13,17-19,22H,5,7,9-12H2,2-3H3;3,5,8,13-17,19-21H,2,4,6-7,9H2,1H3/t21-,22-,23+,24+,25+;17-,18-,19+,20+,21+;13-,14-,15+,16-,17+,18+/m111/s1. The molecule has 0 saturated heterocycles. The monoisotopic (exact) mass is 963 g/mol. The molecule has 5 N–H and O–H groups in total. The molecule has 71 heavy (non-hydrogen) atoms. The van der Waals surface area contributed by atoms with Crippen LogP contribution in [0.4, 0.5) is 0 Å². The Morgan fingerprint density at radius 1 is 0.549 bits per heavy atom. The number of aliphatic hydroxyl groups excluding tert-OH is 2. The summed E-state index contributed by atoms with van der Waals surface area (Å²) in [6.45, 7) is 6.67. The molecule has 0 spiro atoms. The van der Waals surface area contributed by atoms with Gasteiger partial charge in [-0.1, -0.05) is 50.8 Å². The van der Waals surface area contributed by atoms with Crippen LogP contribution < -0.4 is 9.47 Å². The van der Waals surface area contributed by atoms with Crippen LogP contribution in [0.15, 0.2) is 54.6 Å². The number of phenolic OH excluding ortho intramolecular Hbond substituents is 1. The van der Waals surface area contributed by atoms with Gasteiger partial charge >= 0.3 is 0 Å². The highest BCUT2D eigenvalue weighted by atomic mass is 16.5. The van der Waals surface area contributed by atoms with E-state index < -0.39 is 23.4 Å². The van der Waals surface area contributed by atoms with E-state index in [0.717, 1.165) is 108 Å². The zero-order valence-electron chi connectivity index (χ0n) is 43.2. The summed E-state index contributed by atoms with van der Waals surface area (Å²) in [4.78, 5) is 0. The number of aromatic hydroxyl groups is 1. The van der Waals surface area contributed by atoms with E-state index in [1.807, 2.05) is 6.07 Å². The van der Waals surface area contributed by atoms with E-state index in [2.05, 4.69) is 75.1 Å². The molecule has 7 fully saturated rings. The quantitative estimate of drug-likeness (QED) is 0.166. The van der Waals surface area contributed by atoms with Crippen LogP contribution >= 0.6 is 0 Å². The molecule has 16 atom stereocenters. The van der Waals surface area contributed by atoms with Crippen molar-refractivity contribution < 1.29 is 35.0 Å². The van der Waals surface area contributed by atoms with Crippen LogP contribution in [0.2, 0.25) is 0 Å². The lowest BCUT2D eigenvalue weighted by atomic mass is 9.53. The van der Waals surface area contributed by atoms with Crippen molar-refractivity contribution in [1.82, 2.24) is 0 Å². The molecule has 0 aromatic heterocycles. The van der Waals surface area contributed by atoms with Crippen molar-refractivity contribution in [3.63, 3.8) is 0 Å². The highest BCUT2D eigenvalue weighted by Gasteiger charge is 2.63. The minimum absolute atomic E-state index is 0.104. The van der Waals surface area contributed by atoms with Crippen LogP contribution in [0.5, 0.6) is 17.2 Å². The number of methoxy groups -OCH3 is 1. The molecule has 0 amide bonds. The summed E-state index contributed by atoms with van der Waals surface area (Å²) in [5.41, 5.74) is 6.57. The third kappa shape index (κ3) is 7.90. The molecule has 7 saturated carbocycles. The number of hydrogen-bond donors (Lipinski definition) is 5. The van der Waals surface area contributed by atoms with Gasteiger partial charge in [0, 0.05) is 10.8 Å². The fourth-order valence-corrected chi connectivity index (χ4v) is 18.6. The second kappa shape index (κ2) is 18.4. The van der Waals surface area contributed by atoms with Gasteiger partial charge in [0.2, 0.25) is 0 Å². The lowest BCUT2D eigenvalue weighted by molar-refractivity contribution is -0.0647. The smallest absolute Gasteiger partial charge is 0.130 e. The molecule has 3 aromatic carbocycles. The Morgan fingerprint density at radius 3 is 1.54 bits per heavy atom. The number of hydrogen-bond acceptors (Lipinski definition) is 7. The van der Waals surface area contributed by atoms with Gasteiger partial charge in [0.1, 0.15) is 28.5 Å². The SMILES string of the molecule is C#C[C@]1(O)CC[C@H]2[C@@H]3CCc4cc(OC)ccc4[C@H]3CC[C@@]21C.C#C[C@]1(O)CC[C@H]2[C@@H]3CCc4cc(OC5CCCC5)ccc4[C@H]3CC[C@@]21C.C[C@]12CC[C@@H]3c4ccc(O)cc4CC[C@H]3[C@@H]1C[C@@H](O)[C@@H]2O. The summed E-state index contributed by atoms with van der Waals surface area (Å²) in [5, 5.41) is 52.2. The molecule has 7 nitrogen and oxygen atoms in total. The van der Waals surface area contributed by atoms with Crippen molar-refractivity contribution in [3.8, 4) is 41.9 Å². The van der Waals surface area contributed by atoms with Gasteiger partial charge in [0.05, 0.1) is 25.4 Å². The summed E-state index contributed by atoms with van der Waals surface area (Å²) in [7, 11) is 1.73. The van der Waals surface area contributed by atoms with Crippen molar-refractivity contribution >= 4 is 0 Å². The minimum atomic E-state index is -0.901. The topological polar surface area (TPSA) is 120 Å². The highest BCUT2D eigenvalue weighted by molar-refractivity contribution is 5.44. The first kappa shape index (κ1) is 49.2. The van der Waals surface area contributed by atoms with E-state index in [1.54, 1.807) is 18.7 Å². The number of terminal acetylenes is 2. The number of benzene rings is 3. The second-order valence-electron chi connectivity index (χ2n) is 25.4. The number of aliphatic hydroxyl groups is 4. The average molecular weight is 963 g/mol.